The highest BCUT2D eigenvalue weighted by Gasteiger charge is 2.68. The van der Waals surface area contributed by atoms with Crippen LogP contribution in [0.5, 0.6) is 0 Å². The van der Waals surface area contributed by atoms with E-state index in [0.717, 1.165) is 38.7 Å². The summed E-state index contributed by atoms with van der Waals surface area (Å²) in [4.78, 5) is 23.0. The van der Waals surface area contributed by atoms with E-state index in [9.17, 15) is 9.59 Å². The maximum absolute atomic E-state index is 12.2. The molecule has 6 aliphatic rings. The number of carbonyl (C=O) groups excluding carboxylic acids is 1. The van der Waals surface area contributed by atoms with E-state index in [-0.39, 0.29) is 36.1 Å². The second-order valence-electron chi connectivity index (χ2n) is 14.0. The molecule has 6 heteroatoms. The summed E-state index contributed by atoms with van der Waals surface area (Å²) in [5.74, 6) is 2.08. The monoisotopic (exact) mass is 514 g/mol. The molecule has 0 amide bonds. The van der Waals surface area contributed by atoms with Crippen LogP contribution in [0.25, 0.3) is 0 Å². The Morgan fingerprint density at radius 1 is 1.08 bits per heavy atom. The van der Waals surface area contributed by atoms with Crippen LogP contribution in [0.4, 0.5) is 0 Å². The largest absolute Gasteiger partial charge is 0.481 e. The van der Waals surface area contributed by atoms with Gasteiger partial charge in [0.25, 0.3) is 0 Å². The fraction of sp³-hybridized carbons (Fsp3) is 0.871. The standard InChI is InChI=1S/C31H46O6/c1-18-9-14-31(35-17-18)19(2)28-25(37-31)16-24-22-6-5-20-15-21(36-27(34)8-7-26(32)33)10-12-29(20,3)23(22)11-13-30(24,28)4/h5,18-19,21-25,28H,6-17H2,1-4H3,(H,32,33)/t18-,19+,21-,22?,23?,24?,25?,28?,29-,30-,31?/m0/s1. The van der Waals surface area contributed by atoms with E-state index in [2.05, 4.69) is 33.8 Å². The molecule has 5 fully saturated rings. The lowest BCUT2D eigenvalue weighted by atomic mass is 9.47. The molecule has 6 unspecified atom stereocenters. The van der Waals surface area contributed by atoms with Gasteiger partial charge in [0.05, 0.1) is 25.6 Å². The molecule has 206 valence electrons. The Morgan fingerprint density at radius 2 is 1.89 bits per heavy atom. The van der Waals surface area contributed by atoms with E-state index in [1.165, 1.54) is 31.3 Å². The Morgan fingerprint density at radius 3 is 2.62 bits per heavy atom. The first-order valence-corrected chi connectivity index (χ1v) is 15.0. The van der Waals surface area contributed by atoms with Crippen LogP contribution in [-0.4, -0.2) is 41.6 Å². The number of ether oxygens (including phenoxy) is 3. The summed E-state index contributed by atoms with van der Waals surface area (Å²) in [6.07, 6.45) is 12.4. The van der Waals surface area contributed by atoms with Gasteiger partial charge < -0.3 is 19.3 Å². The first-order chi connectivity index (χ1) is 17.6. The maximum Gasteiger partial charge on any atom is 0.306 e. The van der Waals surface area contributed by atoms with Crippen molar-refractivity contribution < 1.29 is 28.9 Å². The zero-order valence-corrected chi connectivity index (χ0v) is 23.2. The van der Waals surface area contributed by atoms with Crippen molar-refractivity contribution in [3.8, 4) is 0 Å². The number of carboxylic acids is 1. The Bertz CT molecular complexity index is 965. The summed E-state index contributed by atoms with van der Waals surface area (Å²) in [6, 6.07) is 0. The average molecular weight is 515 g/mol. The van der Waals surface area contributed by atoms with Crippen LogP contribution in [0.3, 0.4) is 0 Å². The van der Waals surface area contributed by atoms with Gasteiger partial charge in [0, 0.05) is 18.8 Å². The second-order valence-corrected chi connectivity index (χ2v) is 14.0. The average Bonchev–Trinajstić information content (AvgIpc) is 3.30. The molecule has 1 spiro atoms. The molecule has 3 saturated carbocycles. The van der Waals surface area contributed by atoms with Crippen LogP contribution in [0.2, 0.25) is 0 Å². The molecule has 0 radical (unpaired) electrons. The highest BCUT2D eigenvalue weighted by molar-refractivity contribution is 5.76. The van der Waals surface area contributed by atoms with Gasteiger partial charge >= 0.3 is 11.9 Å². The van der Waals surface area contributed by atoms with Crippen molar-refractivity contribution in [1.29, 1.82) is 0 Å². The fourth-order valence-corrected chi connectivity index (χ4v) is 10.2. The van der Waals surface area contributed by atoms with Gasteiger partial charge in [-0.15, -0.1) is 0 Å². The number of hydrogen-bond donors (Lipinski definition) is 1. The summed E-state index contributed by atoms with van der Waals surface area (Å²) >= 11 is 0. The van der Waals surface area contributed by atoms with Gasteiger partial charge in [0.15, 0.2) is 5.79 Å². The SMILES string of the molecule is C[C@H]1CCC2(OC1)OC1CC3C4CC=C5C[C@@H](OC(=O)CCC(=O)O)CC[C@]5(C)C4CC[C@]3(C)C1[C@H]2C. The molecule has 6 rings (SSSR count). The van der Waals surface area contributed by atoms with Crippen molar-refractivity contribution in [3.63, 3.8) is 0 Å². The van der Waals surface area contributed by atoms with Crippen molar-refractivity contribution in [3.05, 3.63) is 11.6 Å². The van der Waals surface area contributed by atoms with Gasteiger partial charge in [-0.05, 0) is 85.4 Å². The number of carboxylic acid groups (broad SMARTS) is 1. The van der Waals surface area contributed by atoms with Gasteiger partial charge in [0.1, 0.15) is 6.10 Å². The van der Waals surface area contributed by atoms with E-state index < -0.39 is 5.97 Å². The molecule has 0 aromatic carbocycles. The van der Waals surface area contributed by atoms with E-state index in [1.807, 2.05) is 0 Å². The summed E-state index contributed by atoms with van der Waals surface area (Å²) < 4.78 is 19.1. The third-order valence-corrected chi connectivity index (χ3v) is 12.2. The van der Waals surface area contributed by atoms with Crippen LogP contribution in [0.1, 0.15) is 98.3 Å². The summed E-state index contributed by atoms with van der Waals surface area (Å²) in [5, 5.41) is 8.86. The number of carbonyl (C=O) groups is 2. The molecule has 0 aromatic heterocycles. The quantitative estimate of drug-likeness (QED) is 0.359. The van der Waals surface area contributed by atoms with Crippen LogP contribution in [0, 0.1) is 46.3 Å². The topological polar surface area (TPSA) is 82.1 Å². The second kappa shape index (κ2) is 9.08. The highest BCUT2D eigenvalue weighted by atomic mass is 16.7. The number of esters is 1. The number of aliphatic carboxylic acids is 1. The Labute approximate surface area is 221 Å². The third-order valence-electron chi connectivity index (χ3n) is 12.2. The minimum Gasteiger partial charge on any atom is -0.481 e. The van der Waals surface area contributed by atoms with Crippen molar-refractivity contribution in [1.82, 2.24) is 0 Å². The summed E-state index contributed by atoms with van der Waals surface area (Å²) in [7, 11) is 0. The molecule has 2 aliphatic heterocycles. The Hall–Kier alpha value is -1.40. The first-order valence-electron chi connectivity index (χ1n) is 15.0. The predicted octanol–water partition coefficient (Wildman–Crippen LogP) is 6.13. The van der Waals surface area contributed by atoms with E-state index in [1.54, 1.807) is 0 Å². The zero-order valence-electron chi connectivity index (χ0n) is 23.2. The molecule has 37 heavy (non-hydrogen) atoms. The number of allylic oxidation sites excluding steroid dienone is 1. The smallest absolute Gasteiger partial charge is 0.306 e. The van der Waals surface area contributed by atoms with Gasteiger partial charge in [-0.25, -0.2) is 0 Å². The van der Waals surface area contributed by atoms with Crippen LogP contribution in [-0.2, 0) is 23.8 Å². The molecule has 11 atom stereocenters. The minimum atomic E-state index is -0.953. The first kappa shape index (κ1) is 25.9. The zero-order chi connectivity index (χ0) is 26.2. The van der Waals surface area contributed by atoms with Gasteiger partial charge in [-0.1, -0.05) is 39.3 Å². The van der Waals surface area contributed by atoms with Crippen molar-refractivity contribution in [2.45, 2.75) is 116 Å². The molecule has 0 bridgehead atoms. The molecule has 6 nitrogen and oxygen atoms in total. The maximum atomic E-state index is 12.2. The van der Waals surface area contributed by atoms with E-state index >= 15 is 0 Å². The van der Waals surface area contributed by atoms with E-state index in [0.29, 0.717) is 47.0 Å². The summed E-state index contributed by atoms with van der Waals surface area (Å²) in [6.45, 7) is 10.6. The summed E-state index contributed by atoms with van der Waals surface area (Å²) in [5.41, 5.74) is 1.98. The van der Waals surface area contributed by atoms with Crippen molar-refractivity contribution in [2.75, 3.05) is 6.61 Å². The fourth-order valence-electron chi connectivity index (χ4n) is 10.2. The number of fused-ring (bicyclic) bond motifs is 7. The van der Waals surface area contributed by atoms with Crippen molar-refractivity contribution >= 4 is 11.9 Å². The lowest BCUT2D eigenvalue weighted by Gasteiger charge is -2.58. The Balaban J connectivity index is 1.16. The van der Waals surface area contributed by atoms with Crippen LogP contribution < -0.4 is 0 Å². The Kier molecular flexibility index (Phi) is 6.34. The minimum absolute atomic E-state index is 0.0404. The molecule has 1 N–H and O–H groups in total. The lowest BCUT2D eigenvalue weighted by Crippen LogP contribution is -2.52. The highest BCUT2D eigenvalue weighted by Crippen LogP contribution is 2.70. The predicted molar refractivity (Wildman–Crippen MR) is 138 cm³/mol. The molecule has 0 aromatic rings. The number of hydrogen-bond acceptors (Lipinski definition) is 5. The molecule has 4 aliphatic carbocycles. The molecular formula is C31H46O6. The van der Waals surface area contributed by atoms with Gasteiger partial charge in [0.2, 0.25) is 0 Å². The van der Waals surface area contributed by atoms with Gasteiger partial charge in [-0.3, -0.25) is 9.59 Å². The lowest BCUT2D eigenvalue weighted by molar-refractivity contribution is -0.272. The van der Waals surface area contributed by atoms with Crippen LogP contribution >= 0.6 is 0 Å². The third kappa shape index (κ3) is 4.02. The van der Waals surface area contributed by atoms with Crippen LogP contribution in [0.15, 0.2) is 11.6 Å². The molecule has 2 heterocycles. The molecular weight excluding hydrogens is 468 g/mol. The molecule has 2 saturated heterocycles. The van der Waals surface area contributed by atoms with Crippen molar-refractivity contribution in [2.24, 2.45) is 46.3 Å². The normalized spacial score (nSPS) is 50.4. The number of rotatable bonds is 4. The van der Waals surface area contributed by atoms with Gasteiger partial charge in [-0.2, -0.15) is 0 Å². The van der Waals surface area contributed by atoms with E-state index in [4.69, 9.17) is 19.3 Å².